The number of piperidine rings is 1. The molecular weight excluding hydrogens is 300 g/mol. The van der Waals surface area contributed by atoms with Gasteiger partial charge in [-0.15, -0.1) is 0 Å². The van der Waals surface area contributed by atoms with Gasteiger partial charge >= 0.3 is 0 Å². The number of primary amides is 1. The van der Waals surface area contributed by atoms with Gasteiger partial charge in [0.15, 0.2) is 0 Å². The molecule has 2 aromatic carbocycles. The van der Waals surface area contributed by atoms with E-state index in [0.717, 1.165) is 11.1 Å². The Labute approximate surface area is 142 Å². The van der Waals surface area contributed by atoms with E-state index in [-0.39, 0.29) is 23.7 Å². The summed E-state index contributed by atoms with van der Waals surface area (Å²) in [5.74, 6) is -0.585. The Kier molecular flexibility index (Phi) is 4.94. The molecule has 24 heavy (non-hydrogen) atoms. The smallest absolute Gasteiger partial charge is 0.234 e. The summed E-state index contributed by atoms with van der Waals surface area (Å²) in [5.41, 5.74) is 7.37. The molecule has 0 aromatic heterocycles. The van der Waals surface area contributed by atoms with Gasteiger partial charge in [-0.3, -0.25) is 9.59 Å². The van der Waals surface area contributed by atoms with Crippen LogP contribution in [-0.4, -0.2) is 29.8 Å². The molecule has 1 aliphatic rings. The first-order valence-corrected chi connectivity index (χ1v) is 8.35. The highest BCUT2D eigenvalue weighted by atomic mass is 16.2. The lowest BCUT2D eigenvalue weighted by atomic mass is 9.88. The van der Waals surface area contributed by atoms with Crippen molar-refractivity contribution in [3.63, 3.8) is 0 Å². The molecule has 1 fully saturated rings. The third kappa shape index (κ3) is 3.48. The average Bonchev–Trinajstić information content (AvgIpc) is 2.64. The quantitative estimate of drug-likeness (QED) is 0.940. The fourth-order valence-corrected chi connectivity index (χ4v) is 3.34. The van der Waals surface area contributed by atoms with E-state index in [2.05, 4.69) is 0 Å². The van der Waals surface area contributed by atoms with E-state index in [1.807, 2.05) is 65.6 Å². The lowest BCUT2D eigenvalue weighted by molar-refractivity contribution is -0.135. The molecule has 0 spiro atoms. The predicted octanol–water partition coefficient (Wildman–Crippen LogP) is 2.54. The Morgan fingerprint density at radius 2 is 1.33 bits per heavy atom. The lowest BCUT2D eigenvalue weighted by Crippen LogP contribution is -2.43. The first-order chi connectivity index (χ1) is 11.7. The molecule has 4 nitrogen and oxygen atoms in total. The minimum atomic E-state index is -0.308. The minimum absolute atomic E-state index is 0.0929. The monoisotopic (exact) mass is 322 g/mol. The highest BCUT2D eigenvalue weighted by Gasteiger charge is 2.31. The normalized spacial score (nSPS) is 15.5. The second-order valence-corrected chi connectivity index (χ2v) is 6.26. The van der Waals surface area contributed by atoms with Gasteiger partial charge in [-0.2, -0.15) is 0 Å². The number of likely N-dealkylation sites (tertiary alicyclic amines) is 1. The highest BCUT2D eigenvalue weighted by molar-refractivity contribution is 5.87. The molecule has 0 bridgehead atoms. The van der Waals surface area contributed by atoms with E-state index in [4.69, 9.17) is 5.73 Å². The number of hydrogen-bond acceptors (Lipinski definition) is 2. The first-order valence-electron chi connectivity index (χ1n) is 8.35. The summed E-state index contributed by atoms with van der Waals surface area (Å²) < 4.78 is 0. The zero-order valence-electron chi connectivity index (χ0n) is 13.6. The van der Waals surface area contributed by atoms with Crippen molar-refractivity contribution >= 4 is 11.8 Å². The molecule has 4 heteroatoms. The highest BCUT2D eigenvalue weighted by Crippen LogP contribution is 2.28. The van der Waals surface area contributed by atoms with Gasteiger partial charge in [-0.1, -0.05) is 60.7 Å². The number of rotatable bonds is 4. The third-order valence-corrected chi connectivity index (χ3v) is 4.72. The summed E-state index contributed by atoms with van der Waals surface area (Å²) in [5, 5.41) is 0. The summed E-state index contributed by atoms with van der Waals surface area (Å²) >= 11 is 0. The maximum absolute atomic E-state index is 13.2. The summed E-state index contributed by atoms with van der Waals surface area (Å²) in [7, 11) is 0. The molecule has 0 unspecified atom stereocenters. The van der Waals surface area contributed by atoms with Crippen LogP contribution in [0, 0.1) is 5.92 Å². The SMILES string of the molecule is NC(=O)C1CCN(C(=O)C(c2ccccc2)c2ccccc2)CC1. The van der Waals surface area contributed by atoms with Crippen molar-refractivity contribution in [3.05, 3.63) is 71.8 Å². The molecule has 0 aliphatic carbocycles. The molecule has 2 N–H and O–H groups in total. The fourth-order valence-electron chi connectivity index (χ4n) is 3.34. The minimum Gasteiger partial charge on any atom is -0.369 e. The van der Waals surface area contributed by atoms with Crippen LogP contribution in [0.5, 0.6) is 0 Å². The zero-order valence-corrected chi connectivity index (χ0v) is 13.6. The lowest BCUT2D eigenvalue weighted by Gasteiger charge is -2.33. The van der Waals surface area contributed by atoms with Gasteiger partial charge in [-0.05, 0) is 24.0 Å². The Bertz CT molecular complexity index is 653. The van der Waals surface area contributed by atoms with Crippen LogP contribution in [0.4, 0.5) is 0 Å². The number of carbonyl (C=O) groups is 2. The van der Waals surface area contributed by atoms with Gasteiger partial charge in [-0.25, -0.2) is 0 Å². The molecule has 0 saturated carbocycles. The maximum atomic E-state index is 13.2. The van der Waals surface area contributed by atoms with Gasteiger partial charge in [0.1, 0.15) is 0 Å². The van der Waals surface area contributed by atoms with Crippen molar-refractivity contribution in [1.82, 2.24) is 4.90 Å². The van der Waals surface area contributed by atoms with Crippen LogP contribution in [-0.2, 0) is 9.59 Å². The van der Waals surface area contributed by atoms with Gasteiger partial charge in [0.05, 0.1) is 5.92 Å². The third-order valence-electron chi connectivity index (χ3n) is 4.72. The summed E-state index contributed by atoms with van der Waals surface area (Å²) in [6.45, 7) is 1.17. The molecular formula is C20H22N2O2. The van der Waals surface area contributed by atoms with Crippen molar-refractivity contribution < 1.29 is 9.59 Å². The van der Waals surface area contributed by atoms with Crippen molar-refractivity contribution in [2.75, 3.05) is 13.1 Å². The van der Waals surface area contributed by atoms with Gasteiger partial charge < -0.3 is 10.6 Å². The Morgan fingerprint density at radius 3 is 1.75 bits per heavy atom. The van der Waals surface area contributed by atoms with Crippen LogP contribution < -0.4 is 5.73 Å². The Hall–Kier alpha value is -2.62. The van der Waals surface area contributed by atoms with Crippen LogP contribution in [0.2, 0.25) is 0 Å². The Morgan fingerprint density at radius 1 is 0.875 bits per heavy atom. The van der Waals surface area contributed by atoms with Crippen LogP contribution in [0.1, 0.15) is 29.9 Å². The number of nitrogens with two attached hydrogens (primary N) is 1. The van der Waals surface area contributed by atoms with E-state index in [1.54, 1.807) is 0 Å². The van der Waals surface area contributed by atoms with Gasteiger partial charge in [0, 0.05) is 19.0 Å². The molecule has 1 heterocycles. The summed E-state index contributed by atoms with van der Waals surface area (Å²) in [6, 6.07) is 19.7. The molecule has 0 radical (unpaired) electrons. The van der Waals surface area contributed by atoms with Crippen molar-refractivity contribution in [1.29, 1.82) is 0 Å². The molecule has 2 aromatic rings. The number of hydrogen-bond donors (Lipinski definition) is 1. The number of amides is 2. The van der Waals surface area contributed by atoms with E-state index in [0.29, 0.717) is 25.9 Å². The molecule has 2 amide bonds. The first kappa shape index (κ1) is 16.2. The molecule has 1 saturated heterocycles. The van der Waals surface area contributed by atoms with Gasteiger partial charge in [0.2, 0.25) is 11.8 Å². The molecule has 1 aliphatic heterocycles. The van der Waals surface area contributed by atoms with Crippen LogP contribution >= 0.6 is 0 Å². The Balaban J connectivity index is 1.84. The second-order valence-electron chi connectivity index (χ2n) is 6.26. The van der Waals surface area contributed by atoms with E-state index < -0.39 is 0 Å². The largest absolute Gasteiger partial charge is 0.369 e. The fraction of sp³-hybridized carbons (Fsp3) is 0.300. The predicted molar refractivity (Wildman–Crippen MR) is 93.2 cm³/mol. The van der Waals surface area contributed by atoms with Gasteiger partial charge in [0.25, 0.3) is 0 Å². The average molecular weight is 322 g/mol. The van der Waals surface area contributed by atoms with Crippen molar-refractivity contribution in [3.8, 4) is 0 Å². The molecule has 3 rings (SSSR count). The van der Waals surface area contributed by atoms with E-state index in [1.165, 1.54) is 0 Å². The number of nitrogens with zero attached hydrogens (tertiary/aromatic N) is 1. The van der Waals surface area contributed by atoms with Crippen LogP contribution in [0.25, 0.3) is 0 Å². The second kappa shape index (κ2) is 7.30. The number of benzene rings is 2. The van der Waals surface area contributed by atoms with Crippen LogP contribution in [0.15, 0.2) is 60.7 Å². The molecule has 0 atom stereocenters. The van der Waals surface area contributed by atoms with Crippen molar-refractivity contribution in [2.24, 2.45) is 11.7 Å². The zero-order chi connectivity index (χ0) is 16.9. The maximum Gasteiger partial charge on any atom is 0.234 e. The number of carbonyl (C=O) groups excluding carboxylic acids is 2. The van der Waals surface area contributed by atoms with Crippen LogP contribution in [0.3, 0.4) is 0 Å². The van der Waals surface area contributed by atoms with E-state index >= 15 is 0 Å². The molecule has 124 valence electrons. The summed E-state index contributed by atoms with van der Waals surface area (Å²) in [6.07, 6.45) is 1.30. The summed E-state index contributed by atoms with van der Waals surface area (Å²) in [4.78, 5) is 26.4. The van der Waals surface area contributed by atoms with E-state index in [9.17, 15) is 9.59 Å². The standard InChI is InChI=1S/C20H22N2O2/c21-19(23)17-11-13-22(14-12-17)20(24)18(15-7-3-1-4-8-15)16-9-5-2-6-10-16/h1-10,17-18H,11-14H2,(H2,21,23). The van der Waals surface area contributed by atoms with Crippen molar-refractivity contribution in [2.45, 2.75) is 18.8 Å². The topological polar surface area (TPSA) is 63.4 Å².